The van der Waals surface area contributed by atoms with Crippen molar-refractivity contribution in [1.29, 1.82) is 0 Å². The van der Waals surface area contributed by atoms with Gasteiger partial charge in [-0.2, -0.15) is 4.31 Å². The Morgan fingerprint density at radius 1 is 1.24 bits per heavy atom. The van der Waals surface area contributed by atoms with Crippen molar-refractivity contribution in [1.82, 2.24) is 14.2 Å². The van der Waals surface area contributed by atoms with Gasteiger partial charge in [-0.1, -0.05) is 6.92 Å². The van der Waals surface area contributed by atoms with Crippen molar-refractivity contribution >= 4 is 15.9 Å². The Hall–Kier alpha value is -1.47. The van der Waals surface area contributed by atoms with Gasteiger partial charge in [0, 0.05) is 32.5 Å². The fourth-order valence-corrected chi connectivity index (χ4v) is 2.71. The van der Waals surface area contributed by atoms with E-state index in [9.17, 15) is 13.2 Å². The molecule has 0 aliphatic heterocycles. The Bertz CT molecular complexity index is 546. The van der Waals surface area contributed by atoms with Gasteiger partial charge in [0.2, 0.25) is 15.9 Å². The van der Waals surface area contributed by atoms with Crippen LogP contribution in [-0.2, 0) is 21.2 Å². The topological polar surface area (TPSA) is 70.6 Å². The van der Waals surface area contributed by atoms with E-state index in [4.69, 9.17) is 0 Å². The maximum atomic E-state index is 12.1. The third-order valence-electron chi connectivity index (χ3n) is 3.16. The second-order valence-corrected chi connectivity index (χ2v) is 7.00. The van der Waals surface area contributed by atoms with Gasteiger partial charge in [-0.05, 0) is 30.5 Å². The first-order valence-corrected chi connectivity index (χ1v) is 8.77. The van der Waals surface area contributed by atoms with E-state index in [0.29, 0.717) is 19.5 Å². The molecule has 0 saturated heterocycles. The number of aromatic nitrogens is 1. The summed E-state index contributed by atoms with van der Waals surface area (Å²) in [4.78, 5) is 17.6. The molecule has 0 spiro atoms. The Morgan fingerprint density at radius 3 is 2.38 bits per heavy atom. The van der Waals surface area contributed by atoms with Gasteiger partial charge in [-0.15, -0.1) is 0 Å². The first-order chi connectivity index (χ1) is 9.84. The third-order valence-corrected chi connectivity index (χ3v) is 4.41. The second-order valence-electron chi connectivity index (χ2n) is 5.02. The normalized spacial score (nSPS) is 11.6. The van der Waals surface area contributed by atoms with Crippen LogP contribution in [-0.4, -0.2) is 61.5 Å². The van der Waals surface area contributed by atoms with Crippen molar-refractivity contribution < 1.29 is 13.2 Å². The summed E-state index contributed by atoms with van der Waals surface area (Å²) in [5.74, 6) is -0.192. The van der Waals surface area contributed by atoms with E-state index < -0.39 is 10.0 Å². The number of sulfonamides is 1. The lowest BCUT2D eigenvalue weighted by Crippen LogP contribution is -2.41. The molecule has 7 heteroatoms. The summed E-state index contributed by atoms with van der Waals surface area (Å²) in [5.41, 5.74) is 1.10. The molecule has 21 heavy (non-hydrogen) atoms. The van der Waals surface area contributed by atoms with E-state index in [-0.39, 0.29) is 12.5 Å². The lowest BCUT2D eigenvalue weighted by molar-refractivity contribution is -0.130. The van der Waals surface area contributed by atoms with Crippen molar-refractivity contribution in [2.75, 3.05) is 32.9 Å². The molecule has 0 saturated carbocycles. The largest absolute Gasteiger partial charge is 0.344 e. The van der Waals surface area contributed by atoms with Crippen LogP contribution in [0.15, 0.2) is 24.5 Å². The number of hydrogen-bond acceptors (Lipinski definition) is 4. The predicted molar refractivity (Wildman–Crippen MR) is 82.3 cm³/mol. The molecule has 0 aliphatic carbocycles. The molecule has 6 nitrogen and oxygen atoms in total. The summed E-state index contributed by atoms with van der Waals surface area (Å²) >= 11 is 0. The van der Waals surface area contributed by atoms with E-state index >= 15 is 0 Å². The number of amides is 1. The Labute approximate surface area is 126 Å². The number of carbonyl (C=O) groups is 1. The van der Waals surface area contributed by atoms with Gasteiger partial charge in [0.1, 0.15) is 0 Å². The van der Waals surface area contributed by atoms with E-state index in [2.05, 4.69) is 4.98 Å². The molecule has 1 aromatic rings. The minimum Gasteiger partial charge on any atom is -0.344 e. The summed E-state index contributed by atoms with van der Waals surface area (Å²) in [7, 11) is -1.65. The monoisotopic (exact) mass is 313 g/mol. The lowest BCUT2D eigenvalue weighted by atomic mass is 10.2. The maximum absolute atomic E-state index is 12.1. The van der Waals surface area contributed by atoms with E-state index in [1.165, 1.54) is 4.31 Å². The van der Waals surface area contributed by atoms with Crippen LogP contribution in [0.25, 0.3) is 0 Å². The van der Waals surface area contributed by atoms with Crippen molar-refractivity contribution in [2.45, 2.75) is 19.8 Å². The highest BCUT2D eigenvalue weighted by Crippen LogP contribution is 2.03. The molecule has 0 fully saturated rings. The number of rotatable bonds is 8. The van der Waals surface area contributed by atoms with Gasteiger partial charge >= 0.3 is 0 Å². The van der Waals surface area contributed by atoms with Gasteiger partial charge in [-0.25, -0.2) is 8.42 Å². The van der Waals surface area contributed by atoms with Crippen LogP contribution >= 0.6 is 0 Å². The predicted octanol–water partition coefficient (Wildman–Crippen LogP) is 0.754. The lowest BCUT2D eigenvalue weighted by Gasteiger charge is -2.23. The number of pyridine rings is 1. The highest BCUT2D eigenvalue weighted by atomic mass is 32.2. The molecule has 0 radical (unpaired) electrons. The highest BCUT2D eigenvalue weighted by molar-refractivity contribution is 7.88. The summed E-state index contributed by atoms with van der Waals surface area (Å²) < 4.78 is 24.4. The van der Waals surface area contributed by atoms with Crippen LogP contribution < -0.4 is 0 Å². The van der Waals surface area contributed by atoms with Gasteiger partial charge in [-0.3, -0.25) is 9.78 Å². The molecular weight excluding hydrogens is 290 g/mol. The summed E-state index contributed by atoms with van der Waals surface area (Å²) in [5, 5.41) is 0. The Kier molecular flexibility index (Phi) is 6.77. The highest BCUT2D eigenvalue weighted by Gasteiger charge is 2.21. The second kappa shape index (κ2) is 8.09. The average molecular weight is 313 g/mol. The fraction of sp³-hybridized carbons (Fsp3) is 0.571. The van der Waals surface area contributed by atoms with Crippen molar-refractivity contribution in [3.05, 3.63) is 30.1 Å². The molecule has 1 rings (SSSR count). The summed E-state index contributed by atoms with van der Waals surface area (Å²) in [6, 6.07) is 3.80. The summed E-state index contributed by atoms with van der Waals surface area (Å²) in [6.45, 7) is 2.70. The van der Waals surface area contributed by atoms with Gasteiger partial charge in [0.15, 0.2) is 0 Å². The zero-order valence-electron chi connectivity index (χ0n) is 12.8. The molecule has 1 aromatic heterocycles. The molecule has 0 N–H and O–H groups in total. The molecule has 0 aromatic carbocycles. The minimum absolute atomic E-state index is 0.0977. The fourth-order valence-electron chi connectivity index (χ4n) is 1.85. The number of hydrogen-bond donors (Lipinski definition) is 0. The molecule has 0 bridgehead atoms. The van der Waals surface area contributed by atoms with E-state index in [1.807, 2.05) is 19.1 Å². The Balaban J connectivity index is 2.53. The summed E-state index contributed by atoms with van der Waals surface area (Å²) in [6.07, 6.45) is 5.96. The maximum Gasteiger partial charge on any atom is 0.237 e. The van der Waals surface area contributed by atoms with Crippen LogP contribution in [0.4, 0.5) is 0 Å². The quantitative estimate of drug-likeness (QED) is 0.710. The van der Waals surface area contributed by atoms with Crippen LogP contribution in [0, 0.1) is 0 Å². The number of carbonyl (C=O) groups excluding carboxylic acids is 1. The molecule has 0 atom stereocenters. The van der Waals surface area contributed by atoms with Crippen LogP contribution in [0.2, 0.25) is 0 Å². The van der Waals surface area contributed by atoms with Crippen LogP contribution in [0.5, 0.6) is 0 Å². The van der Waals surface area contributed by atoms with Gasteiger partial charge in [0.25, 0.3) is 0 Å². The average Bonchev–Trinajstić information content (AvgIpc) is 2.44. The zero-order valence-corrected chi connectivity index (χ0v) is 13.6. The van der Waals surface area contributed by atoms with Gasteiger partial charge < -0.3 is 4.90 Å². The Morgan fingerprint density at radius 2 is 1.86 bits per heavy atom. The van der Waals surface area contributed by atoms with Crippen molar-refractivity contribution in [2.24, 2.45) is 0 Å². The first kappa shape index (κ1) is 17.6. The van der Waals surface area contributed by atoms with Crippen molar-refractivity contribution in [3.8, 4) is 0 Å². The number of likely N-dealkylation sites (N-methyl/N-ethyl adjacent to an activating group) is 1. The minimum atomic E-state index is -3.35. The van der Waals surface area contributed by atoms with Crippen LogP contribution in [0.3, 0.4) is 0 Å². The molecule has 0 unspecified atom stereocenters. The number of nitrogens with zero attached hydrogens (tertiary/aromatic N) is 3. The van der Waals surface area contributed by atoms with Crippen LogP contribution in [0.1, 0.15) is 18.9 Å². The molecule has 1 amide bonds. The third kappa shape index (κ3) is 6.22. The molecule has 118 valence electrons. The first-order valence-electron chi connectivity index (χ1n) is 6.92. The molecule has 0 aliphatic rings. The standard InChI is InChI=1S/C14H23N3O3S/c1-4-10-17(21(3,19)20)12-14(18)16(2)11-7-13-5-8-15-9-6-13/h5-6,8-9H,4,7,10-12H2,1-3H3. The van der Waals surface area contributed by atoms with Gasteiger partial charge in [0.05, 0.1) is 12.8 Å². The molecular formula is C14H23N3O3S. The van der Waals surface area contributed by atoms with E-state index in [0.717, 1.165) is 18.2 Å². The van der Waals surface area contributed by atoms with E-state index in [1.54, 1.807) is 24.3 Å². The smallest absolute Gasteiger partial charge is 0.237 e. The SMILES string of the molecule is CCCN(CC(=O)N(C)CCc1ccncc1)S(C)(=O)=O. The molecule has 1 heterocycles. The zero-order chi connectivity index (χ0) is 15.9. The van der Waals surface area contributed by atoms with Crippen molar-refractivity contribution in [3.63, 3.8) is 0 Å².